The van der Waals surface area contributed by atoms with Gasteiger partial charge in [-0.3, -0.25) is 9.36 Å². The van der Waals surface area contributed by atoms with Crippen LogP contribution < -0.4 is 14.8 Å². The number of amides is 1. The maximum absolute atomic E-state index is 12.7. The van der Waals surface area contributed by atoms with Gasteiger partial charge in [0.05, 0.1) is 11.4 Å². The second kappa shape index (κ2) is 10.2. The Balaban J connectivity index is 1.35. The number of aromatic nitrogens is 3. The molecule has 3 aromatic carbocycles. The van der Waals surface area contributed by atoms with E-state index in [9.17, 15) is 4.79 Å². The van der Waals surface area contributed by atoms with Gasteiger partial charge in [0.2, 0.25) is 5.91 Å². The van der Waals surface area contributed by atoms with Crippen LogP contribution in [0.25, 0.3) is 5.69 Å². The molecule has 35 heavy (non-hydrogen) atoms. The van der Waals surface area contributed by atoms with Gasteiger partial charge in [0.15, 0.2) is 16.7 Å². The van der Waals surface area contributed by atoms with Crippen molar-refractivity contribution in [2.24, 2.45) is 0 Å². The molecule has 8 heteroatoms. The molecule has 0 aliphatic carbocycles. The molecule has 5 rings (SSSR count). The van der Waals surface area contributed by atoms with Crippen LogP contribution in [0, 0.1) is 13.8 Å². The van der Waals surface area contributed by atoms with Crippen LogP contribution in [-0.4, -0.2) is 39.6 Å². The van der Waals surface area contributed by atoms with E-state index in [1.807, 2.05) is 30.3 Å². The Kier molecular flexibility index (Phi) is 6.72. The Bertz CT molecular complexity index is 1350. The van der Waals surface area contributed by atoms with Gasteiger partial charge >= 0.3 is 0 Å². The number of hydrogen-bond donors (Lipinski definition) is 1. The maximum atomic E-state index is 12.7. The summed E-state index contributed by atoms with van der Waals surface area (Å²) in [5.41, 5.74) is 5.15. The van der Waals surface area contributed by atoms with Crippen molar-refractivity contribution in [1.29, 1.82) is 0 Å². The molecular weight excluding hydrogens is 460 g/mol. The lowest BCUT2D eigenvalue weighted by molar-refractivity contribution is -0.113. The zero-order chi connectivity index (χ0) is 24.2. The number of fused-ring (bicyclic) bond motifs is 1. The summed E-state index contributed by atoms with van der Waals surface area (Å²) >= 11 is 1.36. The summed E-state index contributed by atoms with van der Waals surface area (Å²) < 4.78 is 13.2. The van der Waals surface area contributed by atoms with Crippen LogP contribution in [-0.2, 0) is 11.2 Å². The molecule has 0 saturated heterocycles. The minimum atomic E-state index is -0.133. The van der Waals surface area contributed by atoms with E-state index in [0.717, 1.165) is 22.6 Å². The Morgan fingerprint density at radius 3 is 2.57 bits per heavy atom. The van der Waals surface area contributed by atoms with E-state index in [0.29, 0.717) is 42.0 Å². The molecular formula is C27H26N4O3S. The van der Waals surface area contributed by atoms with E-state index >= 15 is 0 Å². The van der Waals surface area contributed by atoms with Crippen LogP contribution in [0.2, 0.25) is 0 Å². The van der Waals surface area contributed by atoms with E-state index in [-0.39, 0.29) is 11.7 Å². The highest BCUT2D eigenvalue weighted by molar-refractivity contribution is 7.99. The van der Waals surface area contributed by atoms with Gasteiger partial charge in [-0.25, -0.2) is 0 Å². The number of nitrogens with one attached hydrogen (secondary N) is 1. The first kappa shape index (κ1) is 23.0. The Hall–Kier alpha value is -3.78. The van der Waals surface area contributed by atoms with Gasteiger partial charge in [-0.1, -0.05) is 59.8 Å². The van der Waals surface area contributed by atoms with Gasteiger partial charge in [-0.2, -0.15) is 0 Å². The maximum Gasteiger partial charge on any atom is 0.234 e. The zero-order valence-corrected chi connectivity index (χ0v) is 20.5. The SMILES string of the molecule is Cc1ccc(-n2c(Cc3ccccc3)nnc2SCC(=O)Nc2ccc3c(c2)OCCO3)c(C)c1. The molecule has 0 saturated carbocycles. The first-order valence-corrected chi connectivity index (χ1v) is 12.4. The van der Waals surface area contributed by atoms with Crippen molar-refractivity contribution >= 4 is 23.4 Å². The smallest absolute Gasteiger partial charge is 0.234 e. The summed E-state index contributed by atoms with van der Waals surface area (Å²) in [4.78, 5) is 12.7. The number of rotatable bonds is 7. The molecule has 2 heterocycles. The van der Waals surface area contributed by atoms with Crippen LogP contribution in [0.15, 0.2) is 71.9 Å². The molecule has 0 radical (unpaired) electrons. The summed E-state index contributed by atoms with van der Waals surface area (Å²) in [5.74, 6) is 2.23. The predicted octanol–water partition coefficient (Wildman–Crippen LogP) is 4.98. The molecule has 1 aliphatic rings. The molecule has 0 bridgehead atoms. The molecule has 0 unspecified atom stereocenters. The third-order valence-corrected chi connectivity index (χ3v) is 6.59. The van der Waals surface area contributed by atoms with Crippen molar-refractivity contribution in [3.63, 3.8) is 0 Å². The van der Waals surface area contributed by atoms with E-state index < -0.39 is 0 Å². The van der Waals surface area contributed by atoms with Crippen LogP contribution in [0.3, 0.4) is 0 Å². The van der Waals surface area contributed by atoms with Gasteiger partial charge in [-0.15, -0.1) is 10.2 Å². The van der Waals surface area contributed by atoms with E-state index in [1.165, 1.54) is 17.3 Å². The van der Waals surface area contributed by atoms with Gasteiger partial charge < -0.3 is 14.8 Å². The number of ether oxygens (including phenoxy) is 2. The number of thioether (sulfide) groups is 1. The summed E-state index contributed by atoms with van der Waals surface area (Å²) in [6.07, 6.45) is 0.644. The second-order valence-corrected chi connectivity index (χ2v) is 9.32. The normalized spacial score (nSPS) is 12.4. The van der Waals surface area contributed by atoms with Gasteiger partial charge in [-0.05, 0) is 43.2 Å². The monoisotopic (exact) mass is 486 g/mol. The predicted molar refractivity (Wildman–Crippen MR) is 137 cm³/mol. The molecule has 1 amide bonds. The Morgan fingerprint density at radius 1 is 0.971 bits per heavy atom. The molecule has 7 nitrogen and oxygen atoms in total. The van der Waals surface area contributed by atoms with Crippen molar-refractivity contribution < 1.29 is 14.3 Å². The summed E-state index contributed by atoms with van der Waals surface area (Å²) in [6.45, 7) is 5.19. The fourth-order valence-electron chi connectivity index (χ4n) is 4.03. The number of benzene rings is 3. The van der Waals surface area contributed by atoms with Crippen molar-refractivity contribution in [2.45, 2.75) is 25.4 Å². The number of aryl methyl sites for hydroxylation is 2. The number of carbonyl (C=O) groups is 1. The number of nitrogens with zero attached hydrogens (tertiary/aromatic N) is 3. The van der Waals surface area contributed by atoms with E-state index in [2.05, 4.69) is 64.3 Å². The standard InChI is InChI=1S/C27H26N4O3S/c1-18-8-10-22(19(2)14-18)31-25(15-20-6-4-3-5-7-20)29-30-27(31)35-17-26(32)28-21-9-11-23-24(16-21)34-13-12-33-23/h3-11,14,16H,12-13,15,17H2,1-2H3,(H,28,32). The third kappa shape index (κ3) is 5.33. The van der Waals surface area contributed by atoms with Gasteiger partial charge in [0, 0.05) is 18.2 Å². The van der Waals surface area contributed by atoms with Crippen molar-refractivity contribution in [1.82, 2.24) is 14.8 Å². The first-order chi connectivity index (χ1) is 17.1. The van der Waals surface area contributed by atoms with Crippen LogP contribution in [0.5, 0.6) is 11.5 Å². The van der Waals surface area contributed by atoms with E-state index in [1.54, 1.807) is 6.07 Å². The molecule has 1 aromatic heterocycles. The third-order valence-electron chi connectivity index (χ3n) is 5.66. The molecule has 1 aliphatic heterocycles. The fourth-order valence-corrected chi connectivity index (χ4v) is 4.80. The molecule has 4 aromatic rings. The summed E-state index contributed by atoms with van der Waals surface area (Å²) in [7, 11) is 0. The Morgan fingerprint density at radius 2 is 1.77 bits per heavy atom. The highest BCUT2D eigenvalue weighted by Crippen LogP contribution is 2.33. The quantitative estimate of drug-likeness (QED) is 0.372. The van der Waals surface area contributed by atoms with Gasteiger partial charge in [0.25, 0.3) is 0 Å². The van der Waals surface area contributed by atoms with Crippen molar-refractivity contribution in [3.05, 3.63) is 89.2 Å². The topological polar surface area (TPSA) is 78.3 Å². The van der Waals surface area contributed by atoms with E-state index in [4.69, 9.17) is 9.47 Å². The average Bonchev–Trinajstić information content (AvgIpc) is 3.25. The first-order valence-electron chi connectivity index (χ1n) is 11.4. The highest BCUT2D eigenvalue weighted by atomic mass is 32.2. The summed E-state index contributed by atoms with van der Waals surface area (Å²) in [5, 5.41) is 12.6. The lowest BCUT2D eigenvalue weighted by Crippen LogP contribution is -2.17. The number of carbonyl (C=O) groups excluding carboxylic acids is 1. The molecule has 0 spiro atoms. The fraction of sp³-hybridized carbons (Fsp3) is 0.222. The largest absolute Gasteiger partial charge is 0.486 e. The van der Waals surface area contributed by atoms with Gasteiger partial charge in [0.1, 0.15) is 19.0 Å². The van der Waals surface area contributed by atoms with Crippen molar-refractivity contribution in [2.75, 3.05) is 24.3 Å². The van der Waals surface area contributed by atoms with Crippen LogP contribution >= 0.6 is 11.8 Å². The second-order valence-electron chi connectivity index (χ2n) is 8.38. The molecule has 0 atom stereocenters. The lowest BCUT2D eigenvalue weighted by atomic mass is 10.1. The number of hydrogen-bond acceptors (Lipinski definition) is 6. The molecule has 0 fully saturated rings. The lowest BCUT2D eigenvalue weighted by Gasteiger charge is -2.19. The molecule has 178 valence electrons. The number of anilines is 1. The van der Waals surface area contributed by atoms with Crippen LogP contribution in [0.1, 0.15) is 22.5 Å². The Labute approximate surface area is 208 Å². The van der Waals surface area contributed by atoms with Crippen molar-refractivity contribution in [3.8, 4) is 17.2 Å². The minimum Gasteiger partial charge on any atom is -0.486 e. The average molecular weight is 487 g/mol. The minimum absolute atomic E-state index is 0.133. The van der Waals surface area contributed by atoms with Crippen LogP contribution in [0.4, 0.5) is 5.69 Å². The zero-order valence-electron chi connectivity index (χ0n) is 19.7. The summed E-state index contributed by atoms with van der Waals surface area (Å²) in [6, 6.07) is 21.9. The highest BCUT2D eigenvalue weighted by Gasteiger charge is 2.18. The molecule has 1 N–H and O–H groups in total.